The molecule has 3 heterocycles. The summed E-state index contributed by atoms with van der Waals surface area (Å²) in [6.07, 6.45) is 13.1. The van der Waals surface area contributed by atoms with Crippen LogP contribution < -0.4 is 10.6 Å². The molecule has 0 radical (unpaired) electrons. The summed E-state index contributed by atoms with van der Waals surface area (Å²) >= 11 is 5.79. The molecule has 188 valence electrons. The number of aromatic nitrogens is 2. The summed E-state index contributed by atoms with van der Waals surface area (Å²) in [6.45, 7) is 4.58. The summed E-state index contributed by atoms with van der Waals surface area (Å²) < 4.78 is 2.39. The highest BCUT2D eigenvalue weighted by Gasteiger charge is 2.40. The molecule has 1 saturated heterocycles. The van der Waals surface area contributed by atoms with E-state index in [1.807, 2.05) is 50.4 Å². The van der Waals surface area contributed by atoms with Crippen molar-refractivity contribution in [3.8, 4) is 0 Å². The van der Waals surface area contributed by atoms with E-state index < -0.39 is 0 Å². The zero-order valence-electron chi connectivity index (χ0n) is 21.1. The SMILES string of the molecule is Cc1ccc(C)c(NC(=O)CCN2C(=S)NC(c3ccccn3)C2c2ccn(C3CCCCC3)c2)c1. The Morgan fingerprint density at radius 2 is 1.97 bits per heavy atom. The molecule has 2 N–H and O–H groups in total. The molecule has 2 unspecified atom stereocenters. The van der Waals surface area contributed by atoms with Gasteiger partial charge in [0.25, 0.3) is 0 Å². The zero-order chi connectivity index (χ0) is 25.1. The van der Waals surface area contributed by atoms with E-state index in [2.05, 4.69) is 49.6 Å². The smallest absolute Gasteiger partial charge is 0.226 e. The second-order valence-electron chi connectivity index (χ2n) is 10.1. The van der Waals surface area contributed by atoms with Gasteiger partial charge in [-0.2, -0.15) is 0 Å². The molecule has 1 aliphatic heterocycles. The molecular weight excluding hydrogens is 466 g/mol. The molecule has 7 heteroatoms. The van der Waals surface area contributed by atoms with E-state index in [9.17, 15) is 4.79 Å². The molecule has 2 fully saturated rings. The zero-order valence-corrected chi connectivity index (χ0v) is 21.9. The van der Waals surface area contributed by atoms with Crippen LogP contribution >= 0.6 is 12.2 Å². The standard InChI is InChI=1S/C29H35N5OS/c1-20-11-12-21(2)25(18-20)31-26(35)14-17-34-28(27(32-29(34)36)24-10-6-7-15-30-24)22-13-16-33(19-22)23-8-4-3-5-9-23/h6-7,10-13,15-16,18-19,23,27-28H,3-5,8-9,14,17H2,1-2H3,(H,31,35)(H,32,36). The maximum atomic E-state index is 12.9. The lowest BCUT2D eigenvalue weighted by Gasteiger charge is -2.27. The molecule has 2 aromatic heterocycles. The number of carbonyl (C=O) groups is 1. The summed E-state index contributed by atoms with van der Waals surface area (Å²) in [5.74, 6) is -0.00804. The second-order valence-corrected chi connectivity index (χ2v) is 10.5. The van der Waals surface area contributed by atoms with E-state index in [0.29, 0.717) is 24.1 Å². The summed E-state index contributed by atoms with van der Waals surface area (Å²) in [7, 11) is 0. The molecule has 0 bridgehead atoms. The van der Waals surface area contributed by atoms with Gasteiger partial charge in [0, 0.05) is 43.3 Å². The molecule has 6 nitrogen and oxygen atoms in total. The van der Waals surface area contributed by atoms with Crippen LogP contribution in [-0.2, 0) is 4.79 Å². The van der Waals surface area contributed by atoms with E-state index in [1.165, 1.54) is 37.7 Å². The van der Waals surface area contributed by atoms with Crippen LogP contribution in [0.4, 0.5) is 5.69 Å². The van der Waals surface area contributed by atoms with Gasteiger partial charge in [-0.1, -0.05) is 37.5 Å². The maximum Gasteiger partial charge on any atom is 0.226 e. The molecule has 0 spiro atoms. The van der Waals surface area contributed by atoms with Crippen molar-refractivity contribution >= 4 is 28.9 Å². The number of aryl methyl sites for hydroxylation is 2. The first-order valence-corrected chi connectivity index (χ1v) is 13.4. The van der Waals surface area contributed by atoms with E-state index in [-0.39, 0.29) is 18.0 Å². The molecule has 36 heavy (non-hydrogen) atoms. The number of anilines is 1. The molecular formula is C29H35N5OS. The van der Waals surface area contributed by atoms with Crippen LogP contribution in [0, 0.1) is 13.8 Å². The van der Waals surface area contributed by atoms with Crippen LogP contribution in [-0.4, -0.2) is 32.0 Å². The Balaban J connectivity index is 1.36. The van der Waals surface area contributed by atoms with Crippen molar-refractivity contribution in [2.45, 2.75) is 70.5 Å². The number of carbonyl (C=O) groups excluding carboxylic acids is 1. The maximum absolute atomic E-state index is 12.9. The minimum atomic E-state index is -0.0667. The van der Waals surface area contributed by atoms with Gasteiger partial charge in [0.05, 0.1) is 17.8 Å². The lowest BCUT2D eigenvalue weighted by atomic mass is 9.95. The van der Waals surface area contributed by atoms with Crippen molar-refractivity contribution in [2.75, 3.05) is 11.9 Å². The molecule has 1 saturated carbocycles. The number of pyridine rings is 1. The number of nitrogens with one attached hydrogen (secondary N) is 2. The van der Waals surface area contributed by atoms with Crippen molar-refractivity contribution in [3.63, 3.8) is 0 Å². The Morgan fingerprint density at radius 3 is 2.75 bits per heavy atom. The Hall–Kier alpha value is -3.19. The summed E-state index contributed by atoms with van der Waals surface area (Å²) in [4.78, 5) is 19.7. The molecule has 3 aromatic rings. The van der Waals surface area contributed by atoms with Crippen LogP contribution in [0.3, 0.4) is 0 Å². The summed E-state index contributed by atoms with van der Waals surface area (Å²) in [6, 6.07) is 14.8. The van der Waals surface area contributed by atoms with Crippen LogP contribution in [0.25, 0.3) is 0 Å². The number of benzene rings is 1. The number of amides is 1. The fourth-order valence-corrected chi connectivity index (χ4v) is 5.86. The highest BCUT2D eigenvalue weighted by molar-refractivity contribution is 7.80. The third-order valence-electron chi connectivity index (χ3n) is 7.52. The van der Waals surface area contributed by atoms with E-state index in [0.717, 1.165) is 22.5 Å². The predicted octanol–water partition coefficient (Wildman–Crippen LogP) is 6.01. The van der Waals surface area contributed by atoms with Crippen LogP contribution in [0.2, 0.25) is 0 Å². The number of thiocarbonyl (C=S) groups is 1. The highest BCUT2D eigenvalue weighted by Crippen LogP contribution is 2.40. The first-order chi connectivity index (χ1) is 17.5. The van der Waals surface area contributed by atoms with Crippen molar-refractivity contribution in [2.24, 2.45) is 0 Å². The van der Waals surface area contributed by atoms with Gasteiger partial charge in [-0.05, 0) is 79.9 Å². The van der Waals surface area contributed by atoms with Crippen LogP contribution in [0.15, 0.2) is 61.1 Å². The lowest BCUT2D eigenvalue weighted by Crippen LogP contribution is -2.32. The minimum Gasteiger partial charge on any atom is -0.352 e. The average Bonchev–Trinajstić information content (AvgIpc) is 3.50. The van der Waals surface area contributed by atoms with Crippen molar-refractivity contribution < 1.29 is 4.79 Å². The van der Waals surface area contributed by atoms with Gasteiger partial charge >= 0.3 is 0 Å². The molecule has 2 atom stereocenters. The van der Waals surface area contributed by atoms with Gasteiger partial charge in [0.1, 0.15) is 0 Å². The Morgan fingerprint density at radius 1 is 1.14 bits per heavy atom. The topological polar surface area (TPSA) is 62.2 Å². The number of hydrogen-bond donors (Lipinski definition) is 2. The monoisotopic (exact) mass is 501 g/mol. The molecule has 5 rings (SSSR count). The molecule has 1 amide bonds. The van der Waals surface area contributed by atoms with Gasteiger partial charge < -0.3 is 20.1 Å². The normalized spacial score (nSPS) is 20.4. The van der Waals surface area contributed by atoms with Gasteiger partial charge in [0.2, 0.25) is 5.91 Å². The average molecular weight is 502 g/mol. The minimum absolute atomic E-state index is 0.00804. The van der Waals surface area contributed by atoms with Gasteiger partial charge in [-0.25, -0.2) is 0 Å². The quantitative estimate of drug-likeness (QED) is 0.389. The number of nitrogens with zero attached hydrogens (tertiary/aromatic N) is 3. The highest BCUT2D eigenvalue weighted by atomic mass is 32.1. The summed E-state index contributed by atoms with van der Waals surface area (Å²) in [5, 5.41) is 7.26. The molecule has 2 aliphatic rings. The molecule has 1 aromatic carbocycles. The first-order valence-electron chi connectivity index (χ1n) is 13.0. The molecule has 1 aliphatic carbocycles. The fraction of sp³-hybridized carbons (Fsp3) is 0.414. The third kappa shape index (κ3) is 5.31. The van der Waals surface area contributed by atoms with Crippen LogP contribution in [0.1, 0.15) is 79.0 Å². The van der Waals surface area contributed by atoms with Crippen molar-refractivity contribution in [1.29, 1.82) is 0 Å². The van der Waals surface area contributed by atoms with E-state index in [1.54, 1.807) is 0 Å². The largest absolute Gasteiger partial charge is 0.352 e. The number of hydrogen-bond acceptors (Lipinski definition) is 3. The first kappa shape index (κ1) is 24.5. The van der Waals surface area contributed by atoms with Crippen molar-refractivity contribution in [3.05, 3.63) is 83.4 Å². The number of rotatable bonds is 7. The van der Waals surface area contributed by atoms with Gasteiger partial charge in [0.15, 0.2) is 5.11 Å². The van der Waals surface area contributed by atoms with Gasteiger partial charge in [-0.3, -0.25) is 9.78 Å². The Kier molecular flexibility index (Phi) is 7.37. The van der Waals surface area contributed by atoms with E-state index in [4.69, 9.17) is 12.2 Å². The van der Waals surface area contributed by atoms with Crippen LogP contribution in [0.5, 0.6) is 0 Å². The lowest BCUT2D eigenvalue weighted by molar-refractivity contribution is -0.116. The fourth-order valence-electron chi connectivity index (χ4n) is 5.53. The predicted molar refractivity (Wildman–Crippen MR) is 148 cm³/mol. The Labute approximate surface area is 219 Å². The van der Waals surface area contributed by atoms with Gasteiger partial charge in [-0.15, -0.1) is 0 Å². The Bertz CT molecular complexity index is 1220. The summed E-state index contributed by atoms with van der Waals surface area (Å²) in [5.41, 5.74) is 5.22. The van der Waals surface area contributed by atoms with Crippen molar-refractivity contribution in [1.82, 2.24) is 19.8 Å². The van der Waals surface area contributed by atoms with E-state index >= 15 is 0 Å². The second kappa shape index (κ2) is 10.8. The third-order valence-corrected chi connectivity index (χ3v) is 7.87.